The molecule has 2 aromatic rings. The number of nitrogens with zero attached hydrogens (tertiary/aromatic N) is 3. The van der Waals surface area contributed by atoms with Crippen molar-refractivity contribution in [2.24, 2.45) is 5.10 Å². The zero-order chi connectivity index (χ0) is 21.9. The average molecular weight is 441 g/mol. The van der Waals surface area contributed by atoms with Gasteiger partial charge in [-0.05, 0) is 23.8 Å². The van der Waals surface area contributed by atoms with Crippen LogP contribution >= 0.6 is 11.8 Å². The summed E-state index contributed by atoms with van der Waals surface area (Å²) in [5, 5.41) is 15.8. The van der Waals surface area contributed by atoms with E-state index < -0.39 is 17.0 Å². The van der Waals surface area contributed by atoms with Crippen molar-refractivity contribution in [1.82, 2.24) is 5.01 Å². The van der Waals surface area contributed by atoms with Crippen LogP contribution in [0, 0.1) is 10.1 Å². The van der Waals surface area contributed by atoms with Gasteiger partial charge in [-0.3, -0.25) is 14.9 Å². The van der Waals surface area contributed by atoms with Crippen LogP contribution in [0.5, 0.6) is 11.5 Å². The summed E-state index contributed by atoms with van der Waals surface area (Å²) < 4.78 is 46.9. The number of carbonyl (C=O) groups excluding carboxylic acids is 1. The summed E-state index contributed by atoms with van der Waals surface area (Å²) in [4.78, 5) is 22.4. The zero-order valence-electron chi connectivity index (χ0n) is 15.4. The van der Waals surface area contributed by atoms with E-state index in [1.54, 1.807) is 0 Å². The third-order valence-corrected chi connectivity index (χ3v) is 4.86. The van der Waals surface area contributed by atoms with Gasteiger partial charge in [0.15, 0.2) is 11.5 Å². The standard InChI is InChI=1S/C18H14F3N3O5S/c1-28-15-7-4-12(8-16(15)29-18(19,20)21)14-10-30-17(25)23(22-14)9-11-2-5-13(6-3-11)24(26)27/h2-8H,9-10H2,1H3. The molecular formula is C18H14F3N3O5S. The van der Waals surface area contributed by atoms with Gasteiger partial charge in [0.25, 0.3) is 5.69 Å². The minimum atomic E-state index is -4.90. The maximum absolute atomic E-state index is 12.7. The minimum Gasteiger partial charge on any atom is -0.493 e. The van der Waals surface area contributed by atoms with E-state index in [0.29, 0.717) is 16.8 Å². The Hall–Kier alpha value is -3.28. The monoisotopic (exact) mass is 441 g/mol. The number of nitro benzene ring substituents is 1. The number of carbonyl (C=O) groups is 1. The SMILES string of the molecule is COc1ccc(C2=NN(Cc3ccc([N+](=O)[O-])cc3)C(=O)SC2)cc1OC(F)(F)F. The first-order valence-electron chi connectivity index (χ1n) is 8.35. The second kappa shape index (κ2) is 8.61. The number of rotatable bonds is 6. The van der Waals surface area contributed by atoms with E-state index in [4.69, 9.17) is 4.74 Å². The first-order chi connectivity index (χ1) is 14.2. The number of nitro groups is 1. The summed E-state index contributed by atoms with van der Waals surface area (Å²) in [5.74, 6) is -0.458. The summed E-state index contributed by atoms with van der Waals surface area (Å²) in [6.45, 7) is 0.0510. The highest BCUT2D eigenvalue weighted by molar-refractivity contribution is 8.14. The first kappa shape index (κ1) is 21.4. The molecule has 12 heteroatoms. The van der Waals surface area contributed by atoms with E-state index in [2.05, 4.69) is 9.84 Å². The van der Waals surface area contributed by atoms with E-state index >= 15 is 0 Å². The summed E-state index contributed by atoms with van der Waals surface area (Å²) in [7, 11) is 1.22. The zero-order valence-corrected chi connectivity index (χ0v) is 16.2. The van der Waals surface area contributed by atoms with Gasteiger partial charge in [0.05, 0.1) is 24.3 Å². The minimum absolute atomic E-state index is 0.0510. The van der Waals surface area contributed by atoms with Crippen LogP contribution in [-0.4, -0.2) is 40.1 Å². The number of benzene rings is 2. The number of non-ortho nitro benzene ring substituents is 1. The van der Waals surface area contributed by atoms with Gasteiger partial charge in [0.2, 0.25) is 0 Å². The van der Waals surface area contributed by atoms with Crippen LogP contribution in [-0.2, 0) is 6.54 Å². The lowest BCUT2D eigenvalue weighted by Crippen LogP contribution is -2.29. The molecule has 0 radical (unpaired) electrons. The van der Waals surface area contributed by atoms with Crippen molar-refractivity contribution in [2.75, 3.05) is 12.9 Å². The summed E-state index contributed by atoms with van der Waals surface area (Å²) in [6, 6.07) is 9.61. The van der Waals surface area contributed by atoms with Gasteiger partial charge in [-0.15, -0.1) is 13.2 Å². The van der Waals surface area contributed by atoms with Gasteiger partial charge in [-0.25, -0.2) is 5.01 Å². The molecule has 0 spiro atoms. The van der Waals surface area contributed by atoms with Gasteiger partial charge in [0, 0.05) is 23.4 Å². The van der Waals surface area contributed by atoms with Crippen LogP contribution in [0.4, 0.5) is 23.7 Å². The highest BCUT2D eigenvalue weighted by Gasteiger charge is 2.33. The Bertz CT molecular complexity index is 996. The Kier molecular flexibility index (Phi) is 6.15. The quantitative estimate of drug-likeness (QED) is 0.481. The maximum atomic E-state index is 12.7. The first-order valence-corrected chi connectivity index (χ1v) is 9.34. The fraction of sp³-hybridized carbons (Fsp3) is 0.222. The average Bonchev–Trinajstić information content (AvgIpc) is 2.69. The fourth-order valence-corrected chi connectivity index (χ4v) is 3.36. The number of hydrogen-bond acceptors (Lipinski definition) is 7. The van der Waals surface area contributed by atoms with E-state index in [1.165, 1.54) is 43.5 Å². The molecule has 0 N–H and O–H groups in total. The summed E-state index contributed by atoms with van der Waals surface area (Å²) in [6.07, 6.45) is -4.90. The van der Waals surface area contributed by atoms with Gasteiger partial charge in [0.1, 0.15) is 0 Å². The predicted molar refractivity (Wildman–Crippen MR) is 103 cm³/mol. The van der Waals surface area contributed by atoms with Crippen molar-refractivity contribution >= 4 is 28.4 Å². The normalized spacial score (nSPS) is 14.3. The Morgan fingerprint density at radius 1 is 1.20 bits per heavy atom. The van der Waals surface area contributed by atoms with Gasteiger partial charge in [-0.2, -0.15) is 5.10 Å². The second-order valence-corrected chi connectivity index (χ2v) is 6.92. The topological polar surface area (TPSA) is 94.3 Å². The van der Waals surface area contributed by atoms with Crippen molar-refractivity contribution in [3.63, 3.8) is 0 Å². The molecule has 1 heterocycles. The van der Waals surface area contributed by atoms with E-state index in [-0.39, 0.29) is 29.0 Å². The molecule has 0 atom stereocenters. The van der Waals surface area contributed by atoms with Crippen molar-refractivity contribution in [1.29, 1.82) is 0 Å². The molecule has 8 nitrogen and oxygen atoms in total. The Labute approximate surface area is 172 Å². The molecule has 30 heavy (non-hydrogen) atoms. The molecule has 0 aliphatic carbocycles. The molecule has 1 aliphatic rings. The number of thioether (sulfide) groups is 1. The van der Waals surface area contributed by atoms with Gasteiger partial charge < -0.3 is 9.47 Å². The Morgan fingerprint density at radius 3 is 2.50 bits per heavy atom. The van der Waals surface area contributed by atoms with Crippen molar-refractivity contribution in [3.05, 3.63) is 63.7 Å². The molecule has 0 saturated heterocycles. The molecule has 0 bridgehead atoms. The van der Waals surface area contributed by atoms with Crippen LogP contribution in [0.3, 0.4) is 0 Å². The number of ether oxygens (including phenoxy) is 2. The van der Waals surface area contributed by atoms with Crippen LogP contribution in [0.25, 0.3) is 0 Å². The van der Waals surface area contributed by atoms with E-state index in [9.17, 15) is 28.1 Å². The molecule has 1 amide bonds. The van der Waals surface area contributed by atoms with Crippen LogP contribution in [0.1, 0.15) is 11.1 Å². The number of alkyl halides is 3. The van der Waals surface area contributed by atoms with E-state index in [0.717, 1.165) is 22.8 Å². The molecule has 0 saturated carbocycles. The van der Waals surface area contributed by atoms with Gasteiger partial charge >= 0.3 is 11.6 Å². The van der Waals surface area contributed by atoms with Crippen LogP contribution in [0.2, 0.25) is 0 Å². The molecule has 3 rings (SSSR count). The molecule has 0 unspecified atom stereocenters. The molecular weight excluding hydrogens is 427 g/mol. The molecule has 0 fully saturated rings. The van der Waals surface area contributed by atoms with Crippen molar-refractivity contribution in [3.8, 4) is 11.5 Å². The second-order valence-electron chi connectivity index (χ2n) is 6.00. The maximum Gasteiger partial charge on any atom is 0.573 e. The highest BCUT2D eigenvalue weighted by atomic mass is 32.2. The number of hydrazone groups is 1. The van der Waals surface area contributed by atoms with Gasteiger partial charge in [-0.1, -0.05) is 23.9 Å². The number of methoxy groups -OCH3 is 1. The largest absolute Gasteiger partial charge is 0.573 e. The predicted octanol–water partition coefficient (Wildman–Crippen LogP) is 4.58. The van der Waals surface area contributed by atoms with Crippen LogP contribution in [0.15, 0.2) is 47.6 Å². The molecule has 2 aromatic carbocycles. The molecule has 158 valence electrons. The fourth-order valence-electron chi connectivity index (χ4n) is 2.62. The third-order valence-electron chi connectivity index (χ3n) is 3.99. The lowest BCUT2D eigenvalue weighted by atomic mass is 10.1. The number of halogens is 3. The number of hydrogen-bond donors (Lipinski definition) is 0. The Morgan fingerprint density at radius 2 is 1.90 bits per heavy atom. The molecule has 1 aliphatic heterocycles. The summed E-state index contributed by atoms with van der Waals surface area (Å²) >= 11 is 0.939. The van der Waals surface area contributed by atoms with Crippen LogP contribution < -0.4 is 9.47 Å². The smallest absolute Gasteiger partial charge is 0.493 e. The third kappa shape index (κ3) is 5.20. The lowest BCUT2D eigenvalue weighted by molar-refractivity contribution is -0.384. The Balaban J connectivity index is 1.86. The van der Waals surface area contributed by atoms with Crippen molar-refractivity contribution < 1.29 is 32.4 Å². The lowest BCUT2D eigenvalue weighted by Gasteiger charge is -2.23. The van der Waals surface area contributed by atoms with Crippen molar-refractivity contribution in [2.45, 2.75) is 12.9 Å². The highest BCUT2D eigenvalue weighted by Crippen LogP contribution is 2.34. The summed E-state index contributed by atoms with van der Waals surface area (Å²) in [5.41, 5.74) is 1.23. The number of amides is 1. The molecule has 0 aromatic heterocycles. The van der Waals surface area contributed by atoms with E-state index in [1.807, 2.05) is 0 Å².